The average molecular weight is 964 g/mol. The van der Waals surface area contributed by atoms with E-state index in [0.29, 0.717) is 29.3 Å². The number of carbonyl (C=O) groups excluding carboxylic acids is 2. The van der Waals surface area contributed by atoms with E-state index < -0.39 is 24.0 Å². The van der Waals surface area contributed by atoms with Gasteiger partial charge in [-0.3, -0.25) is 14.2 Å². The van der Waals surface area contributed by atoms with Crippen LogP contribution in [0.4, 0.5) is 17.2 Å². The molecule has 2 aliphatic heterocycles. The Balaban J connectivity index is 0.926. The smallest absolute Gasteiger partial charge is 0.256 e. The van der Waals surface area contributed by atoms with Gasteiger partial charge in [-0.2, -0.15) is 0 Å². The molecule has 8 aromatic rings. The number of para-hydroxylation sites is 2. The van der Waals surface area contributed by atoms with E-state index in [-0.39, 0.29) is 55.0 Å². The van der Waals surface area contributed by atoms with E-state index in [1.165, 1.54) is 6.33 Å². The van der Waals surface area contributed by atoms with Crippen molar-refractivity contribution < 1.29 is 33.6 Å². The summed E-state index contributed by atoms with van der Waals surface area (Å²) in [5.74, 6) is 7.43. The number of methoxy groups -OCH3 is 2. The maximum atomic E-state index is 13.4. The van der Waals surface area contributed by atoms with Crippen LogP contribution >= 0.6 is 11.8 Å². The number of hydrogen-bond acceptors (Lipinski definition) is 12. The molecular weight excluding hydrogens is 915 g/mol. The second-order valence-electron chi connectivity index (χ2n) is 16.8. The maximum Gasteiger partial charge on any atom is 0.256 e. The van der Waals surface area contributed by atoms with Gasteiger partial charge in [-0.15, -0.1) is 0 Å². The van der Waals surface area contributed by atoms with Crippen molar-refractivity contribution in [1.29, 1.82) is 0 Å². The van der Waals surface area contributed by atoms with Crippen molar-refractivity contribution in [3.8, 4) is 23.3 Å². The summed E-state index contributed by atoms with van der Waals surface area (Å²) in [7, 11) is 3.24. The van der Waals surface area contributed by atoms with Gasteiger partial charge in [0, 0.05) is 34.7 Å². The fourth-order valence-electron chi connectivity index (χ4n) is 9.02. The topological polar surface area (TPSA) is 162 Å². The van der Waals surface area contributed by atoms with E-state index in [1.54, 1.807) is 54.8 Å². The molecule has 3 atom stereocenters. The Labute approximate surface area is 415 Å². The summed E-state index contributed by atoms with van der Waals surface area (Å²) < 4.78 is 26.6. The Bertz CT molecular complexity index is 3140. The molecule has 0 saturated carbocycles. The number of nitrogens with one attached hydrogen (secondary N) is 2. The average Bonchev–Trinajstić information content (AvgIpc) is 3.99. The molecule has 10 rings (SSSR count). The molecule has 2 aromatic heterocycles. The number of anilines is 3. The molecular formula is C56H49N7O7S. The number of carbonyl (C=O) groups is 2. The molecule has 0 radical (unpaired) electrons. The third-order valence-electron chi connectivity index (χ3n) is 12.5. The van der Waals surface area contributed by atoms with Crippen molar-refractivity contribution in [3.05, 3.63) is 192 Å². The highest BCUT2D eigenvalue weighted by Gasteiger charge is 2.43. The van der Waals surface area contributed by atoms with Crippen molar-refractivity contribution in [1.82, 2.24) is 24.8 Å². The van der Waals surface area contributed by atoms with Gasteiger partial charge in [0.05, 0.1) is 44.8 Å². The number of aromatic nitrogens is 4. The Morgan fingerprint density at radius 2 is 1.37 bits per heavy atom. The molecule has 2 amide bonds. The fourth-order valence-corrected chi connectivity index (χ4v) is 10.1. The number of nitrogens with zero attached hydrogens (tertiary/aromatic N) is 5. The number of aliphatic hydroxyl groups is 1. The standard InChI is InChI=1S/C56H49N7O7S/c1-67-41-27-23-39(24-28-41)56(38-16-7-4-8-17-38,40-25-29-42(68-2)30-26-40)69-35-46-45(64)34-51(70-46)63-49(60-52-53(58-36-59-54(52)63)61-55(66)37-14-5-3-6-15-37)22-13-32-57-50(65)31-33-62-43-18-9-11-20-47(43)71-48-21-12-10-19-44(48)62/h3-12,14-21,23-30,36,45-46,51,64H,31-35H2,1-2H3,(H,57,65)(H,58,59,61,66). The molecule has 0 aliphatic carbocycles. The molecule has 3 unspecified atom stereocenters. The number of amides is 2. The van der Waals surface area contributed by atoms with Crippen molar-refractivity contribution in [2.45, 2.75) is 46.7 Å². The molecule has 14 nitrogen and oxygen atoms in total. The van der Waals surface area contributed by atoms with Gasteiger partial charge in [-0.25, -0.2) is 15.0 Å². The predicted octanol–water partition coefficient (Wildman–Crippen LogP) is 8.91. The Kier molecular flexibility index (Phi) is 13.8. The lowest BCUT2D eigenvalue weighted by Gasteiger charge is -2.37. The molecule has 4 heterocycles. The number of aliphatic hydroxyl groups excluding tert-OH is 1. The molecule has 356 valence electrons. The second kappa shape index (κ2) is 20.9. The molecule has 0 bridgehead atoms. The zero-order valence-electron chi connectivity index (χ0n) is 38.9. The van der Waals surface area contributed by atoms with Crippen LogP contribution in [0.25, 0.3) is 11.2 Å². The van der Waals surface area contributed by atoms with Crippen LogP contribution in [-0.2, 0) is 19.9 Å². The Morgan fingerprint density at radius 3 is 2.00 bits per heavy atom. The summed E-state index contributed by atoms with van der Waals surface area (Å²) in [6, 6.07) is 50.5. The Hall–Kier alpha value is -8.00. The maximum absolute atomic E-state index is 13.4. The lowest BCUT2D eigenvalue weighted by Crippen LogP contribution is -2.38. The van der Waals surface area contributed by atoms with E-state index in [4.69, 9.17) is 23.9 Å². The minimum absolute atomic E-state index is 0.0250. The Morgan fingerprint density at radius 1 is 0.775 bits per heavy atom. The molecule has 1 saturated heterocycles. The molecule has 1 fully saturated rings. The molecule has 0 spiro atoms. The zero-order valence-corrected chi connectivity index (χ0v) is 39.7. The first-order valence-corrected chi connectivity index (χ1v) is 23.9. The van der Waals surface area contributed by atoms with Crippen molar-refractivity contribution in [3.63, 3.8) is 0 Å². The van der Waals surface area contributed by atoms with Crippen LogP contribution < -0.4 is 25.0 Å². The lowest BCUT2D eigenvalue weighted by molar-refractivity contribution is -0.120. The summed E-state index contributed by atoms with van der Waals surface area (Å²) in [6.07, 6.45) is -0.946. The van der Waals surface area contributed by atoms with Gasteiger partial charge in [-0.05, 0) is 83.3 Å². The van der Waals surface area contributed by atoms with Gasteiger partial charge in [0.2, 0.25) is 5.91 Å². The molecule has 6 aromatic carbocycles. The van der Waals surface area contributed by atoms with Crippen LogP contribution in [0.1, 0.15) is 51.9 Å². The molecule has 3 N–H and O–H groups in total. The highest BCUT2D eigenvalue weighted by molar-refractivity contribution is 7.99. The van der Waals surface area contributed by atoms with E-state index in [0.717, 1.165) is 37.9 Å². The van der Waals surface area contributed by atoms with Crippen LogP contribution in [0.2, 0.25) is 0 Å². The quantitative estimate of drug-likeness (QED) is 0.0662. The number of rotatable bonds is 15. The highest BCUT2D eigenvalue weighted by Crippen LogP contribution is 2.48. The van der Waals surface area contributed by atoms with Crippen LogP contribution in [0.5, 0.6) is 11.5 Å². The minimum atomic E-state index is -1.16. The first kappa shape index (κ1) is 46.7. The highest BCUT2D eigenvalue weighted by atomic mass is 32.2. The number of hydrogen-bond donors (Lipinski definition) is 3. The zero-order chi connectivity index (χ0) is 48.7. The number of benzene rings is 6. The summed E-state index contributed by atoms with van der Waals surface area (Å²) in [5.41, 5.74) is 4.49. The van der Waals surface area contributed by atoms with Gasteiger partial charge in [-0.1, -0.05) is 115 Å². The van der Waals surface area contributed by atoms with Gasteiger partial charge >= 0.3 is 0 Å². The SMILES string of the molecule is COc1ccc(C(OCC2OC(n3c(C#CCNC(=O)CCN4c5ccccc5Sc5ccccc54)nc4c(NC(=O)c5ccccc5)ncnc43)CC2O)(c2ccccc2)c2ccc(OC)cc2)cc1. The van der Waals surface area contributed by atoms with Crippen LogP contribution in [-0.4, -0.2) is 82.6 Å². The van der Waals surface area contributed by atoms with E-state index >= 15 is 0 Å². The van der Waals surface area contributed by atoms with E-state index in [1.807, 2.05) is 109 Å². The molecule has 71 heavy (non-hydrogen) atoms. The summed E-state index contributed by atoms with van der Waals surface area (Å²) in [6.45, 7) is 0.459. The second-order valence-corrected chi connectivity index (χ2v) is 17.9. The predicted molar refractivity (Wildman–Crippen MR) is 271 cm³/mol. The van der Waals surface area contributed by atoms with Gasteiger partial charge in [0.15, 0.2) is 22.8 Å². The van der Waals surface area contributed by atoms with E-state index in [9.17, 15) is 14.7 Å². The number of imidazole rings is 1. The van der Waals surface area contributed by atoms with Crippen LogP contribution in [0, 0.1) is 11.8 Å². The monoisotopic (exact) mass is 963 g/mol. The van der Waals surface area contributed by atoms with Crippen molar-refractivity contribution >= 4 is 51.9 Å². The number of ether oxygens (including phenoxy) is 4. The van der Waals surface area contributed by atoms with Gasteiger partial charge in [0.25, 0.3) is 5.91 Å². The van der Waals surface area contributed by atoms with Gasteiger partial charge in [0.1, 0.15) is 35.8 Å². The van der Waals surface area contributed by atoms with Gasteiger partial charge < -0.3 is 39.6 Å². The summed E-state index contributed by atoms with van der Waals surface area (Å²) in [4.78, 5) is 45.1. The van der Waals surface area contributed by atoms with Crippen molar-refractivity contribution in [2.24, 2.45) is 0 Å². The third-order valence-corrected chi connectivity index (χ3v) is 13.7. The normalized spacial score (nSPS) is 16.0. The number of fused-ring (bicyclic) bond motifs is 3. The fraction of sp³-hybridized carbons (Fsp3) is 0.196. The first-order chi connectivity index (χ1) is 34.8. The van der Waals surface area contributed by atoms with Crippen LogP contribution in [0.15, 0.2) is 174 Å². The summed E-state index contributed by atoms with van der Waals surface area (Å²) >= 11 is 1.72. The summed E-state index contributed by atoms with van der Waals surface area (Å²) in [5, 5.41) is 17.7. The minimum Gasteiger partial charge on any atom is -0.497 e. The first-order valence-electron chi connectivity index (χ1n) is 23.1. The largest absolute Gasteiger partial charge is 0.497 e. The molecule has 2 aliphatic rings. The van der Waals surface area contributed by atoms with Crippen molar-refractivity contribution in [2.75, 3.05) is 44.1 Å². The van der Waals surface area contributed by atoms with E-state index in [2.05, 4.69) is 61.6 Å². The van der Waals surface area contributed by atoms with Crippen LogP contribution in [0.3, 0.4) is 0 Å². The lowest BCUT2D eigenvalue weighted by atomic mass is 9.80. The molecule has 15 heteroatoms. The third kappa shape index (κ3) is 9.66.